The molecule has 9 aromatic rings. The van der Waals surface area contributed by atoms with Crippen LogP contribution in [0.4, 0.5) is 11.6 Å². The molecule has 0 N–H and O–H groups in total. The Morgan fingerprint density at radius 2 is 1.31 bits per heavy atom. The van der Waals surface area contributed by atoms with E-state index in [1.165, 1.54) is 52.8 Å². The van der Waals surface area contributed by atoms with Gasteiger partial charge < -0.3 is 0 Å². The normalized spacial score (nSPS) is 13.1. The van der Waals surface area contributed by atoms with Crippen LogP contribution in [0.2, 0.25) is 0 Å². The standard InChI is InChI=1S/C40H23N3S2/c1-2-13-25(14-3-1)37-29-18-8-10-20-31(29)41-40(42-37)43-38-35(34-26-15-5-4-12-24(26)22-23-33(34)45-43)27-16-6-7-17-28(27)39-36(38)30-19-9-11-21-32(30)44-39/h1-23H/i13D. The fourth-order valence-corrected chi connectivity index (χ4v) is 9.16. The molecule has 0 spiro atoms. The molecule has 7 aromatic carbocycles. The number of nitrogens with zero attached hydrogens (tertiary/aromatic N) is 3. The average Bonchev–Trinajstić information content (AvgIpc) is 3.51. The molecule has 1 aliphatic heterocycles. The molecule has 5 heteroatoms. The van der Waals surface area contributed by atoms with Crippen LogP contribution in [-0.2, 0) is 0 Å². The Balaban J connectivity index is 1.39. The van der Waals surface area contributed by atoms with Crippen molar-refractivity contribution in [1.29, 1.82) is 0 Å². The fourth-order valence-electron chi connectivity index (χ4n) is 6.85. The molecule has 10 rings (SSSR count). The van der Waals surface area contributed by atoms with Gasteiger partial charge in [-0.25, -0.2) is 14.3 Å². The number of thiophene rings is 1. The third-order valence-electron chi connectivity index (χ3n) is 8.78. The van der Waals surface area contributed by atoms with Gasteiger partial charge in [-0.15, -0.1) is 11.3 Å². The molecule has 0 saturated carbocycles. The van der Waals surface area contributed by atoms with Crippen molar-refractivity contribution in [2.45, 2.75) is 4.90 Å². The summed E-state index contributed by atoms with van der Waals surface area (Å²) >= 11 is 3.53. The highest BCUT2D eigenvalue weighted by Gasteiger charge is 2.33. The molecule has 3 nitrogen and oxygen atoms in total. The van der Waals surface area contributed by atoms with Crippen molar-refractivity contribution >= 4 is 87.5 Å². The van der Waals surface area contributed by atoms with Gasteiger partial charge in [-0.3, -0.25) is 0 Å². The lowest BCUT2D eigenvalue weighted by molar-refractivity contribution is 1.17. The van der Waals surface area contributed by atoms with E-state index in [4.69, 9.17) is 11.3 Å². The second kappa shape index (κ2) is 9.63. The zero-order valence-electron chi connectivity index (χ0n) is 24.9. The van der Waals surface area contributed by atoms with Crippen molar-refractivity contribution in [3.63, 3.8) is 0 Å². The van der Waals surface area contributed by atoms with E-state index >= 15 is 0 Å². The van der Waals surface area contributed by atoms with E-state index in [0.717, 1.165) is 32.7 Å². The molecule has 0 saturated heterocycles. The van der Waals surface area contributed by atoms with Crippen molar-refractivity contribution < 1.29 is 1.37 Å². The van der Waals surface area contributed by atoms with Gasteiger partial charge in [0.25, 0.3) is 0 Å². The minimum atomic E-state index is 0.443. The van der Waals surface area contributed by atoms with Crippen LogP contribution in [0.3, 0.4) is 0 Å². The summed E-state index contributed by atoms with van der Waals surface area (Å²) in [5, 5.41) is 8.32. The summed E-state index contributed by atoms with van der Waals surface area (Å²) < 4.78 is 13.6. The van der Waals surface area contributed by atoms with Gasteiger partial charge in [-0.05, 0) is 46.3 Å². The van der Waals surface area contributed by atoms with Crippen molar-refractivity contribution in [3.05, 3.63) is 140 Å². The first kappa shape index (κ1) is 24.1. The van der Waals surface area contributed by atoms with Crippen LogP contribution in [0, 0.1) is 0 Å². The molecule has 0 radical (unpaired) electrons. The summed E-state index contributed by atoms with van der Waals surface area (Å²) in [5.41, 5.74) is 5.98. The quantitative estimate of drug-likeness (QED) is 0.182. The topological polar surface area (TPSA) is 29.0 Å². The summed E-state index contributed by atoms with van der Waals surface area (Å²) in [7, 11) is 0. The second-order valence-corrected chi connectivity index (χ2v) is 13.3. The Kier molecular flexibility index (Phi) is 5.17. The minimum Gasteiger partial charge on any atom is -0.246 e. The Labute approximate surface area is 269 Å². The Morgan fingerprint density at radius 3 is 2.20 bits per heavy atom. The summed E-state index contributed by atoms with van der Waals surface area (Å²) in [6.07, 6.45) is 0. The monoisotopic (exact) mass is 610 g/mol. The van der Waals surface area contributed by atoms with Gasteiger partial charge in [0.2, 0.25) is 5.95 Å². The highest BCUT2D eigenvalue weighted by Crippen LogP contribution is 2.59. The first-order valence-electron chi connectivity index (χ1n) is 15.4. The zero-order valence-corrected chi connectivity index (χ0v) is 25.5. The number of anilines is 2. The summed E-state index contributed by atoms with van der Waals surface area (Å²) in [4.78, 5) is 11.7. The van der Waals surface area contributed by atoms with Gasteiger partial charge in [0.15, 0.2) is 0 Å². The van der Waals surface area contributed by atoms with Gasteiger partial charge in [0.05, 0.1) is 18.3 Å². The smallest absolute Gasteiger partial charge is 0.241 e. The SMILES string of the molecule is [2H]c1ccccc1-c1nc(N2Sc3ccc4ccccc4c3-c3c2c2c4ccccc4sc2c2ccccc32)nc2ccccc12. The number of benzene rings is 7. The molecule has 2 aromatic heterocycles. The lowest BCUT2D eigenvalue weighted by Crippen LogP contribution is -2.16. The maximum absolute atomic E-state index is 8.78. The Hall–Kier alpha value is -5.23. The number of hydrogen-bond donors (Lipinski definition) is 0. The van der Waals surface area contributed by atoms with Crippen LogP contribution in [0.1, 0.15) is 1.37 Å². The molecule has 0 fully saturated rings. The Bertz CT molecular complexity index is 2720. The number of rotatable bonds is 2. The molecule has 45 heavy (non-hydrogen) atoms. The summed E-state index contributed by atoms with van der Waals surface area (Å²) in [5.74, 6) is 0.605. The van der Waals surface area contributed by atoms with Gasteiger partial charge in [0, 0.05) is 52.5 Å². The van der Waals surface area contributed by atoms with Crippen LogP contribution >= 0.6 is 23.3 Å². The highest BCUT2D eigenvalue weighted by atomic mass is 32.2. The van der Waals surface area contributed by atoms with E-state index in [1.54, 1.807) is 11.9 Å². The van der Waals surface area contributed by atoms with Crippen molar-refractivity contribution in [2.24, 2.45) is 0 Å². The molecule has 0 bridgehead atoms. The van der Waals surface area contributed by atoms with E-state index in [2.05, 4.69) is 95.3 Å². The fraction of sp³-hybridized carbons (Fsp3) is 0. The van der Waals surface area contributed by atoms with Crippen LogP contribution in [0.5, 0.6) is 0 Å². The van der Waals surface area contributed by atoms with Crippen molar-refractivity contribution in [2.75, 3.05) is 4.31 Å². The minimum absolute atomic E-state index is 0.443. The maximum Gasteiger partial charge on any atom is 0.241 e. The summed E-state index contributed by atoms with van der Waals surface area (Å²) in [6, 6.07) is 47.0. The van der Waals surface area contributed by atoms with Gasteiger partial charge in [-0.1, -0.05) is 121 Å². The molecule has 0 atom stereocenters. The molecule has 3 heterocycles. The second-order valence-electron chi connectivity index (χ2n) is 11.3. The average molecular weight is 611 g/mol. The van der Waals surface area contributed by atoms with Crippen LogP contribution in [-0.4, -0.2) is 9.97 Å². The third kappa shape index (κ3) is 3.65. The first-order chi connectivity index (χ1) is 22.7. The number of fused-ring (bicyclic) bond motifs is 13. The van der Waals surface area contributed by atoms with E-state index in [-0.39, 0.29) is 0 Å². The molecule has 210 valence electrons. The summed E-state index contributed by atoms with van der Waals surface area (Å²) in [6.45, 7) is 0. The number of para-hydroxylation sites is 1. The maximum atomic E-state index is 8.78. The lowest BCUT2D eigenvalue weighted by Gasteiger charge is -2.33. The van der Waals surface area contributed by atoms with Crippen LogP contribution < -0.4 is 4.31 Å². The van der Waals surface area contributed by atoms with Gasteiger partial charge >= 0.3 is 0 Å². The molecule has 0 amide bonds. The van der Waals surface area contributed by atoms with E-state index in [9.17, 15) is 0 Å². The Morgan fingerprint density at radius 1 is 0.578 bits per heavy atom. The molecule has 0 aliphatic carbocycles. The zero-order chi connectivity index (χ0) is 30.4. The van der Waals surface area contributed by atoms with E-state index < -0.39 is 0 Å². The number of aromatic nitrogens is 2. The van der Waals surface area contributed by atoms with Crippen molar-refractivity contribution in [3.8, 4) is 22.4 Å². The predicted molar refractivity (Wildman–Crippen MR) is 193 cm³/mol. The van der Waals surface area contributed by atoms with Gasteiger partial charge in [-0.2, -0.15) is 0 Å². The third-order valence-corrected chi connectivity index (χ3v) is 11.1. The molecular formula is C40H23N3S2. The van der Waals surface area contributed by atoms with Gasteiger partial charge in [0.1, 0.15) is 0 Å². The predicted octanol–water partition coefficient (Wildman–Crippen LogP) is 11.8. The van der Waals surface area contributed by atoms with Crippen LogP contribution in [0.25, 0.3) is 75.0 Å². The number of hydrogen-bond acceptors (Lipinski definition) is 5. The molecule has 0 unspecified atom stereocenters. The molecular weight excluding hydrogens is 587 g/mol. The van der Waals surface area contributed by atoms with E-state index in [0.29, 0.717) is 12.0 Å². The molecule has 1 aliphatic rings. The van der Waals surface area contributed by atoms with Crippen molar-refractivity contribution in [1.82, 2.24) is 9.97 Å². The largest absolute Gasteiger partial charge is 0.246 e. The highest BCUT2D eigenvalue weighted by molar-refractivity contribution is 8.01. The van der Waals surface area contributed by atoms with E-state index in [1.807, 2.05) is 53.8 Å². The first-order valence-corrected chi connectivity index (χ1v) is 16.5. The lowest BCUT2D eigenvalue weighted by atomic mass is 9.90. The van der Waals surface area contributed by atoms with Crippen LogP contribution in [0.15, 0.2) is 144 Å².